The average molecular weight is 367 g/mol. The van der Waals surface area contributed by atoms with Crippen molar-refractivity contribution in [3.8, 4) is 0 Å². The van der Waals surface area contributed by atoms with E-state index in [1.807, 2.05) is 45.0 Å². The van der Waals surface area contributed by atoms with Crippen LogP contribution < -0.4 is 10.6 Å². The van der Waals surface area contributed by atoms with E-state index in [1.165, 1.54) is 5.56 Å². The van der Waals surface area contributed by atoms with Gasteiger partial charge in [0.15, 0.2) is 0 Å². The largest absolute Gasteiger partial charge is 0.376 e. The van der Waals surface area contributed by atoms with E-state index in [0.717, 1.165) is 28.1 Å². The van der Waals surface area contributed by atoms with Gasteiger partial charge in [-0.2, -0.15) is 0 Å². The molecule has 0 saturated carbocycles. The number of hydrogen-bond donors (Lipinski definition) is 2. The zero-order chi connectivity index (χ0) is 20.0. The molecular formula is C22H29N3O2. The Morgan fingerprint density at radius 1 is 1.00 bits per heavy atom. The first-order valence-corrected chi connectivity index (χ1v) is 9.17. The molecule has 0 unspecified atom stereocenters. The maximum absolute atomic E-state index is 12.3. The first kappa shape index (κ1) is 20.5. The Morgan fingerprint density at radius 2 is 1.67 bits per heavy atom. The third-order valence-electron chi connectivity index (χ3n) is 4.45. The number of aryl methyl sites for hydroxylation is 4. The number of carbonyl (C=O) groups is 2. The van der Waals surface area contributed by atoms with Crippen LogP contribution in [0.15, 0.2) is 36.4 Å². The smallest absolute Gasteiger partial charge is 0.243 e. The molecule has 0 radical (unpaired) electrons. The molecule has 0 aliphatic rings. The van der Waals surface area contributed by atoms with Crippen LogP contribution in [0, 0.1) is 20.8 Å². The lowest BCUT2D eigenvalue weighted by Gasteiger charge is -2.14. The molecule has 144 valence electrons. The molecule has 0 spiro atoms. The number of carbonyl (C=O) groups excluding carboxylic acids is 2. The van der Waals surface area contributed by atoms with E-state index >= 15 is 0 Å². The van der Waals surface area contributed by atoms with Gasteiger partial charge in [0.05, 0.1) is 6.54 Å². The van der Waals surface area contributed by atoms with Gasteiger partial charge in [-0.15, -0.1) is 0 Å². The van der Waals surface area contributed by atoms with Crippen LogP contribution in [0.2, 0.25) is 0 Å². The molecule has 0 saturated heterocycles. The Labute approximate surface area is 161 Å². The molecule has 2 rings (SSSR count). The van der Waals surface area contributed by atoms with Crippen molar-refractivity contribution in [2.45, 2.75) is 33.6 Å². The molecule has 2 amide bonds. The van der Waals surface area contributed by atoms with Crippen molar-refractivity contribution in [2.24, 2.45) is 0 Å². The highest BCUT2D eigenvalue weighted by molar-refractivity contribution is 5.95. The predicted molar refractivity (Wildman–Crippen MR) is 111 cm³/mol. The zero-order valence-corrected chi connectivity index (χ0v) is 16.8. The number of nitrogens with one attached hydrogen (secondary N) is 2. The van der Waals surface area contributed by atoms with E-state index in [4.69, 9.17) is 0 Å². The fourth-order valence-corrected chi connectivity index (χ4v) is 3.05. The monoisotopic (exact) mass is 367 g/mol. The average Bonchev–Trinajstić information content (AvgIpc) is 2.61. The van der Waals surface area contributed by atoms with Crippen LogP contribution in [0.25, 0.3) is 0 Å². The number of anilines is 2. The van der Waals surface area contributed by atoms with Crippen LogP contribution in [0.5, 0.6) is 0 Å². The number of hydrogen-bond acceptors (Lipinski definition) is 3. The van der Waals surface area contributed by atoms with Gasteiger partial charge in [0, 0.05) is 31.9 Å². The van der Waals surface area contributed by atoms with E-state index in [2.05, 4.69) is 22.8 Å². The molecule has 0 aliphatic carbocycles. The van der Waals surface area contributed by atoms with Gasteiger partial charge < -0.3 is 15.5 Å². The summed E-state index contributed by atoms with van der Waals surface area (Å²) >= 11 is 0. The summed E-state index contributed by atoms with van der Waals surface area (Å²) in [6.45, 7) is 6.24. The molecule has 0 bridgehead atoms. The fourth-order valence-electron chi connectivity index (χ4n) is 3.05. The highest BCUT2D eigenvalue weighted by atomic mass is 16.2. The molecule has 0 aromatic heterocycles. The van der Waals surface area contributed by atoms with Crippen molar-refractivity contribution in [1.29, 1.82) is 0 Å². The molecule has 5 heteroatoms. The molecular weight excluding hydrogens is 338 g/mol. The first-order chi connectivity index (χ1) is 12.8. The minimum absolute atomic E-state index is 0.0850. The minimum atomic E-state index is -0.0850. The minimum Gasteiger partial charge on any atom is -0.376 e. The number of benzene rings is 2. The van der Waals surface area contributed by atoms with Crippen molar-refractivity contribution in [1.82, 2.24) is 4.90 Å². The summed E-state index contributed by atoms with van der Waals surface area (Å²) in [4.78, 5) is 25.6. The summed E-state index contributed by atoms with van der Waals surface area (Å²) in [6, 6.07) is 12.0. The molecule has 2 aromatic rings. The Balaban J connectivity index is 1.92. The van der Waals surface area contributed by atoms with Crippen LogP contribution in [0.3, 0.4) is 0 Å². The first-order valence-electron chi connectivity index (χ1n) is 9.17. The molecule has 27 heavy (non-hydrogen) atoms. The second-order valence-corrected chi connectivity index (χ2v) is 7.16. The summed E-state index contributed by atoms with van der Waals surface area (Å²) in [5.41, 5.74) is 6.13. The number of rotatable bonds is 7. The predicted octanol–water partition coefficient (Wildman–Crippen LogP) is 3.68. The highest BCUT2D eigenvalue weighted by Gasteiger charge is 2.09. The van der Waals surface area contributed by atoms with Crippen LogP contribution in [-0.4, -0.2) is 37.4 Å². The second-order valence-electron chi connectivity index (χ2n) is 7.16. The van der Waals surface area contributed by atoms with Gasteiger partial charge in [-0.25, -0.2) is 0 Å². The van der Waals surface area contributed by atoms with Crippen molar-refractivity contribution in [3.05, 3.63) is 58.7 Å². The lowest BCUT2D eigenvalue weighted by molar-refractivity contribution is -0.128. The fraction of sp³-hybridized carbons (Fsp3) is 0.364. The summed E-state index contributed by atoms with van der Waals surface area (Å²) in [7, 11) is 3.52. The Kier molecular flexibility index (Phi) is 6.99. The van der Waals surface area contributed by atoms with E-state index in [-0.39, 0.29) is 18.4 Å². The molecule has 0 fully saturated rings. The standard InChI is InChI=1S/C22H29N3O2/c1-15-11-16(2)22(17(3)12-15)24-20(26)14-23-19-8-6-7-18(13-19)9-10-21(27)25(4)5/h6-8,11-13,23H,9-10,14H2,1-5H3,(H,24,26). The summed E-state index contributed by atoms with van der Waals surface area (Å²) in [5, 5.41) is 6.15. The van der Waals surface area contributed by atoms with Gasteiger partial charge in [0.25, 0.3) is 0 Å². The van der Waals surface area contributed by atoms with Crippen molar-refractivity contribution in [2.75, 3.05) is 31.3 Å². The van der Waals surface area contributed by atoms with Gasteiger partial charge >= 0.3 is 0 Å². The molecule has 5 nitrogen and oxygen atoms in total. The van der Waals surface area contributed by atoms with Crippen molar-refractivity contribution in [3.63, 3.8) is 0 Å². The molecule has 2 N–H and O–H groups in total. The van der Waals surface area contributed by atoms with Gasteiger partial charge in [0.2, 0.25) is 11.8 Å². The van der Waals surface area contributed by atoms with Gasteiger partial charge in [-0.05, 0) is 56.0 Å². The summed E-state index contributed by atoms with van der Waals surface area (Å²) in [5.74, 6) is 0.0230. The van der Waals surface area contributed by atoms with Crippen LogP contribution in [0.1, 0.15) is 28.7 Å². The summed E-state index contributed by atoms with van der Waals surface area (Å²) < 4.78 is 0. The Hall–Kier alpha value is -2.82. The molecule has 0 aliphatic heterocycles. The van der Waals surface area contributed by atoms with Crippen LogP contribution >= 0.6 is 0 Å². The number of amides is 2. The lowest BCUT2D eigenvalue weighted by atomic mass is 10.1. The SMILES string of the molecule is Cc1cc(C)c(NC(=O)CNc2cccc(CCC(=O)N(C)C)c2)c(C)c1. The zero-order valence-electron chi connectivity index (χ0n) is 16.8. The van der Waals surface area contributed by atoms with E-state index < -0.39 is 0 Å². The van der Waals surface area contributed by atoms with E-state index in [0.29, 0.717) is 12.8 Å². The van der Waals surface area contributed by atoms with E-state index in [1.54, 1.807) is 19.0 Å². The normalized spacial score (nSPS) is 10.4. The van der Waals surface area contributed by atoms with Crippen molar-refractivity contribution < 1.29 is 9.59 Å². The van der Waals surface area contributed by atoms with Crippen molar-refractivity contribution >= 4 is 23.2 Å². The third kappa shape index (κ3) is 6.13. The van der Waals surface area contributed by atoms with E-state index in [9.17, 15) is 9.59 Å². The quantitative estimate of drug-likeness (QED) is 0.785. The maximum atomic E-state index is 12.3. The Bertz CT molecular complexity index is 805. The number of nitrogens with zero attached hydrogens (tertiary/aromatic N) is 1. The summed E-state index contributed by atoms with van der Waals surface area (Å²) in [6.07, 6.45) is 1.16. The molecule has 2 aromatic carbocycles. The highest BCUT2D eigenvalue weighted by Crippen LogP contribution is 2.21. The van der Waals surface area contributed by atoms with Crippen LogP contribution in [0.4, 0.5) is 11.4 Å². The lowest BCUT2D eigenvalue weighted by Crippen LogP contribution is -2.23. The third-order valence-corrected chi connectivity index (χ3v) is 4.45. The maximum Gasteiger partial charge on any atom is 0.243 e. The Morgan fingerprint density at radius 3 is 2.30 bits per heavy atom. The van der Waals surface area contributed by atoms with Crippen LogP contribution in [-0.2, 0) is 16.0 Å². The molecule has 0 heterocycles. The topological polar surface area (TPSA) is 61.4 Å². The second kappa shape index (κ2) is 9.21. The van der Waals surface area contributed by atoms with Gasteiger partial charge in [0.1, 0.15) is 0 Å². The van der Waals surface area contributed by atoms with Gasteiger partial charge in [-0.3, -0.25) is 9.59 Å². The van der Waals surface area contributed by atoms with Gasteiger partial charge in [-0.1, -0.05) is 29.8 Å². The molecule has 0 atom stereocenters.